The van der Waals surface area contributed by atoms with Crippen LogP contribution in [0, 0.1) is 0 Å². The van der Waals surface area contributed by atoms with Gasteiger partial charge in [-0.05, 0) is 22.3 Å². The predicted octanol–water partition coefficient (Wildman–Crippen LogP) is 4.07. The van der Waals surface area contributed by atoms with E-state index in [0.717, 1.165) is 21.9 Å². The lowest BCUT2D eigenvalue weighted by molar-refractivity contribution is -0.740. The summed E-state index contributed by atoms with van der Waals surface area (Å²) in [5, 5.41) is 6.48. The second-order valence-corrected chi connectivity index (χ2v) is 5.97. The number of Topliss-reactive ketones (excluding diaryl/α,β-unsaturated/α-hetero) is 1. The van der Waals surface area contributed by atoms with Gasteiger partial charge in [0.2, 0.25) is 18.5 Å². The number of carbonyl (C=O) groups excluding carboxylic acids is 1. The highest BCUT2D eigenvalue weighted by molar-refractivity contribution is 5.95. The standard InChI is InChI=1S/C22H17N2O/c25-22(16-24-15-21-9-5-4-8-20(21)14-23-24)19-12-10-18(11-13-19)17-6-2-1-3-7-17/h1-15H,16H2/q+1. The first-order valence-corrected chi connectivity index (χ1v) is 8.23. The van der Waals surface area contributed by atoms with Gasteiger partial charge in [0, 0.05) is 16.3 Å². The maximum atomic E-state index is 12.5. The van der Waals surface area contributed by atoms with Crippen LogP contribution in [0.4, 0.5) is 0 Å². The smallest absolute Gasteiger partial charge is 0.236 e. The zero-order chi connectivity index (χ0) is 17.1. The maximum Gasteiger partial charge on any atom is 0.236 e. The minimum Gasteiger partial charge on any atom is -0.287 e. The third-order valence-corrected chi connectivity index (χ3v) is 4.25. The number of hydrogen-bond donors (Lipinski definition) is 0. The minimum absolute atomic E-state index is 0.0485. The van der Waals surface area contributed by atoms with Crippen LogP contribution in [0.2, 0.25) is 0 Å². The number of nitrogens with zero attached hydrogens (tertiary/aromatic N) is 2. The number of ketones is 1. The van der Waals surface area contributed by atoms with E-state index >= 15 is 0 Å². The van der Waals surface area contributed by atoms with E-state index in [2.05, 4.69) is 17.2 Å². The third kappa shape index (κ3) is 3.31. The zero-order valence-electron chi connectivity index (χ0n) is 13.7. The van der Waals surface area contributed by atoms with Gasteiger partial charge in [0.15, 0.2) is 0 Å². The first-order valence-electron chi connectivity index (χ1n) is 8.23. The van der Waals surface area contributed by atoms with Crippen LogP contribution in [0.1, 0.15) is 10.4 Å². The molecule has 0 unspecified atom stereocenters. The van der Waals surface area contributed by atoms with E-state index in [9.17, 15) is 4.79 Å². The van der Waals surface area contributed by atoms with Gasteiger partial charge in [-0.15, -0.1) is 0 Å². The van der Waals surface area contributed by atoms with Crippen LogP contribution < -0.4 is 4.68 Å². The molecule has 1 aromatic heterocycles. The molecule has 0 saturated heterocycles. The average molecular weight is 325 g/mol. The predicted molar refractivity (Wildman–Crippen MR) is 98.1 cm³/mol. The molecule has 0 fully saturated rings. The number of fused-ring (bicyclic) bond motifs is 1. The molecule has 120 valence electrons. The largest absolute Gasteiger partial charge is 0.287 e. The van der Waals surface area contributed by atoms with Crippen molar-refractivity contribution in [1.29, 1.82) is 0 Å². The van der Waals surface area contributed by atoms with Gasteiger partial charge >= 0.3 is 0 Å². The Labute approximate surface area is 146 Å². The lowest BCUT2D eigenvalue weighted by Gasteiger charge is -2.03. The summed E-state index contributed by atoms with van der Waals surface area (Å²) in [7, 11) is 0. The van der Waals surface area contributed by atoms with Crippen molar-refractivity contribution in [3.05, 3.63) is 96.8 Å². The highest BCUT2D eigenvalue weighted by Crippen LogP contribution is 2.19. The molecule has 0 amide bonds. The van der Waals surface area contributed by atoms with Crippen LogP contribution in [0.3, 0.4) is 0 Å². The molecule has 25 heavy (non-hydrogen) atoms. The maximum absolute atomic E-state index is 12.5. The first-order chi connectivity index (χ1) is 12.3. The molecule has 0 aliphatic carbocycles. The van der Waals surface area contributed by atoms with Crippen LogP contribution in [-0.2, 0) is 6.54 Å². The summed E-state index contributed by atoms with van der Waals surface area (Å²) in [6.45, 7) is 0.232. The molecule has 3 aromatic carbocycles. The quantitative estimate of drug-likeness (QED) is 0.419. The van der Waals surface area contributed by atoms with E-state index in [1.807, 2.05) is 72.9 Å². The molecule has 0 spiro atoms. The van der Waals surface area contributed by atoms with Crippen molar-refractivity contribution >= 4 is 16.6 Å². The third-order valence-electron chi connectivity index (χ3n) is 4.25. The molecule has 4 aromatic rings. The van der Waals surface area contributed by atoms with Gasteiger partial charge in [-0.3, -0.25) is 4.79 Å². The number of carbonyl (C=O) groups is 1. The Morgan fingerprint density at radius 2 is 1.40 bits per heavy atom. The van der Waals surface area contributed by atoms with Crippen LogP contribution in [0.5, 0.6) is 0 Å². The van der Waals surface area contributed by atoms with Gasteiger partial charge in [0.25, 0.3) is 0 Å². The van der Waals surface area contributed by atoms with E-state index in [1.54, 1.807) is 10.9 Å². The molecule has 0 aliphatic rings. The number of aromatic nitrogens is 2. The normalized spacial score (nSPS) is 10.7. The Bertz CT molecular complexity index is 1020. The van der Waals surface area contributed by atoms with Crippen molar-refractivity contribution in [2.75, 3.05) is 0 Å². The molecule has 0 radical (unpaired) electrons. The lowest BCUT2D eigenvalue weighted by Crippen LogP contribution is -2.41. The van der Waals surface area contributed by atoms with E-state index < -0.39 is 0 Å². The molecule has 3 heteroatoms. The van der Waals surface area contributed by atoms with Gasteiger partial charge in [0.1, 0.15) is 6.20 Å². The van der Waals surface area contributed by atoms with Gasteiger partial charge < -0.3 is 0 Å². The summed E-state index contributed by atoms with van der Waals surface area (Å²) >= 11 is 0. The van der Waals surface area contributed by atoms with Crippen LogP contribution >= 0.6 is 0 Å². The fourth-order valence-electron chi connectivity index (χ4n) is 2.88. The Morgan fingerprint density at radius 1 is 0.760 bits per heavy atom. The van der Waals surface area contributed by atoms with E-state index in [0.29, 0.717) is 5.56 Å². The van der Waals surface area contributed by atoms with Crippen molar-refractivity contribution in [3.8, 4) is 11.1 Å². The molecule has 0 aliphatic heterocycles. The van der Waals surface area contributed by atoms with E-state index in [-0.39, 0.29) is 12.3 Å². The SMILES string of the molecule is O=C(C[n+]1cc2ccccc2cn1)c1ccc(-c2ccccc2)cc1. The van der Waals surface area contributed by atoms with Crippen LogP contribution in [-0.4, -0.2) is 10.9 Å². The Kier molecular flexibility index (Phi) is 4.05. The molecular formula is C22H17N2O+. The Hall–Kier alpha value is -3.33. The summed E-state index contributed by atoms with van der Waals surface area (Å²) in [4.78, 5) is 12.5. The highest BCUT2D eigenvalue weighted by Gasteiger charge is 2.14. The molecule has 0 saturated carbocycles. The second kappa shape index (κ2) is 6.65. The first kappa shape index (κ1) is 15.2. The molecule has 4 rings (SSSR count). The van der Waals surface area contributed by atoms with Gasteiger partial charge in [-0.25, -0.2) is 0 Å². The number of hydrogen-bond acceptors (Lipinski definition) is 2. The second-order valence-electron chi connectivity index (χ2n) is 5.97. The Morgan fingerprint density at radius 3 is 2.16 bits per heavy atom. The topological polar surface area (TPSA) is 33.8 Å². The fraction of sp³-hybridized carbons (Fsp3) is 0.0455. The van der Waals surface area contributed by atoms with Gasteiger partial charge in [-0.2, -0.15) is 0 Å². The van der Waals surface area contributed by atoms with Gasteiger partial charge in [0.05, 0.1) is 0 Å². The summed E-state index contributed by atoms with van der Waals surface area (Å²) < 4.78 is 1.69. The summed E-state index contributed by atoms with van der Waals surface area (Å²) in [6, 6.07) is 25.9. The fourth-order valence-corrected chi connectivity index (χ4v) is 2.88. The van der Waals surface area contributed by atoms with Crippen molar-refractivity contribution in [2.24, 2.45) is 0 Å². The average Bonchev–Trinajstić information content (AvgIpc) is 2.69. The minimum atomic E-state index is 0.0485. The molecule has 3 nitrogen and oxygen atoms in total. The molecule has 0 bridgehead atoms. The number of benzene rings is 3. The van der Waals surface area contributed by atoms with Crippen molar-refractivity contribution in [2.45, 2.75) is 6.54 Å². The highest BCUT2D eigenvalue weighted by atomic mass is 16.1. The molecular weight excluding hydrogens is 308 g/mol. The summed E-state index contributed by atoms with van der Waals surface area (Å²) in [5.74, 6) is 0.0485. The molecule has 1 heterocycles. The van der Waals surface area contributed by atoms with Crippen molar-refractivity contribution in [1.82, 2.24) is 5.10 Å². The van der Waals surface area contributed by atoms with Crippen molar-refractivity contribution in [3.63, 3.8) is 0 Å². The summed E-state index contributed by atoms with van der Waals surface area (Å²) in [6.07, 6.45) is 3.70. The van der Waals surface area contributed by atoms with E-state index in [4.69, 9.17) is 0 Å². The monoisotopic (exact) mass is 325 g/mol. The van der Waals surface area contributed by atoms with Crippen molar-refractivity contribution < 1.29 is 9.48 Å². The van der Waals surface area contributed by atoms with Crippen LogP contribution in [0.15, 0.2) is 91.3 Å². The zero-order valence-corrected chi connectivity index (χ0v) is 13.7. The Balaban J connectivity index is 1.54. The lowest BCUT2D eigenvalue weighted by atomic mass is 10.0. The van der Waals surface area contributed by atoms with Crippen LogP contribution in [0.25, 0.3) is 21.9 Å². The van der Waals surface area contributed by atoms with E-state index in [1.165, 1.54) is 0 Å². The molecule has 0 atom stereocenters. The molecule has 0 N–H and O–H groups in total. The summed E-state index contributed by atoms with van der Waals surface area (Å²) in [5.41, 5.74) is 2.95. The number of rotatable bonds is 4. The van der Waals surface area contributed by atoms with Gasteiger partial charge in [-0.1, -0.05) is 77.5 Å².